The molecule has 0 bridgehead atoms. The molecule has 0 aromatic heterocycles. The van der Waals surface area contributed by atoms with E-state index in [1.54, 1.807) is 0 Å². The molecule has 0 amide bonds. The zero-order valence-electron chi connectivity index (χ0n) is 8.00. The number of fused-ring (bicyclic) bond motifs is 1. The first kappa shape index (κ1) is 10.9. The minimum Gasteiger partial charge on any atom is -0.450 e. The van der Waals surface area contributed by atoms with Crippen LogP contribution in [0.15, 0.2) is 0 Å². The molecule has 2 fully saturated rings. The summed E-state index contributed by atoms with van der Waals surface area (Å²) in [5.74, 6) is -1.12. The molecular weight excluding hydrogens is 225 g/mol. The maximum absolute atomic E-state index is 13.4. The number of hydrogen-bond donors (Lipinski definition) is 3. The van der Waals surface area contributed by atoms with Crippen LogP contribution in [0.25, 0.3) is 0 Å². The van der Waals surface area contributed by atoms with E-state index >= 15 is 0 Å². The van der Waals surface area contributed by atoms with Gasteiger partial charge in [0.1, 0.15) is 6.10 Å². The van der Waals surface area contributed by atoms with Gasteiger partial charge >= 0.3 is 12.3 Å². The van der Waals surface area contributed by atoms with Gasteiger partial charge in [0, 0.05) is 5.92 Å². The van der Waals surface area contributed by atoms with Crippen molar-refractivity contribution in [2.24, 2.45) is 17.6 Å². The topological polar surface area (TPSA) is 119 Å². The van der Waals surface area contributed by atoms with Gasteiger partial charge in [-0.1, -0.05) is 0 Å². The van der Waals surface area contributed by atoms with E-state index in [1.807, 2.05) is 0 Å². The number of ether oxygens (including phenoxy) is 2. The van der Waals surface area contributed by atoms with Crippen molar-refractivity contribution < 1.29 is 33.7 Å². The van der Waals surface area contributed by atoms with E-state index in [4.69, 9.17) is 15.9 Å². The van der Waals surface area contributed by atoms with Crippen molar-refractivity contribution in [2.75, 3.05) is 0 Å². The van der Waals surface area contributed by atoms with Crippen molar-refractivity contribution in [3.63, 3.8) is 0 Å². The van der Waals surface area contributed by atoms with E-state index in [-0.39, 0.29) is 6.42 Å². The Balaban J connectivity index is 2.08. The van der Waals surface area contributed by atoms with E-state index < -0.39 is 42.1 Å². The van der Waals surface area contributed by atoms with Gasteiger partial charge in [-0.25, -0.2) is 14.0 Å². The van der Waals surface area contributed by atoms with Gasteiger partial charge in [0.05, 0.1) is 5.92 Å². The third-order valence-electron chi connectivity index (χ3n) is 3.09. The van der Waals surface area contributed by atoms with Crippen molar-refractivity contribution in [2.45, 2.75) is 24.4 Å². The third kappa shape index (κ3) is 1.45. The summed E-state index contributed by atoms with van der Waals surface area (Å²) >= 11 is 0. The molecule has 8 heteroatoms. The maximum atomic E-state index is 13.4. The molecule has 2 saturated carbocycles. The second-order valence-electron chi connectivity index (χ2n) is 3.96. The van der Waals surface area contributed by atoms with Crippen LogP contribution in [0, 0.1) is 11.8 Å². The summed E-state index contributed by atoms with van der Waals surface area (Å²) in [6, 6.07) is 0. The highest BCUT2D eigenvalue weighted by Crippen LogP contribution is 2.59. The molecule has 0 radical (unpaired) electrons. The van der Waals surface area contributed by atoms with Gasteiger partial charge in [0.25, 0.3) is 0 Å². The van der Waals surface area contributed by atoms with Crippen molar-refractivity contribution in [1.82, 2.24) is 0 Å². The van der Waals surface area contributed by atoms with Crippen LogP contribution < -0.4 is 5.73 Å². The van der Waals surface area contributed by atoms with Crippen LogP contribution in [0.5, 0.6) is 0 Å². The smallest absolute Gasteiger partial charge is 0.450 e. The van der Waals surface area contributed by atoms with Gasteiger partial charge in [-0.15, -0.1) is 0 Å². The number of hydrogen-bond acceptors (Lipinski definition) is 5. The number of carbonyl (C=O) groups is 2. The zero-order chi connectivity index (χ0) is 12.1. The van der Waals surface area contributed by atoms with E-state index in [2.05, 4.69) is 9.47 Å². The molecule has 2 rings (SSSR count). The Morgan fingerprint density at radius 3 is 2.50 bits per heavy atom. The van der Waals surface area contributed by atoms with E-state index in [1.165, 1.54) is 0 Å². The molecule has 7 nitrogen and oxygen atoms in total. The fourth-order valence-electron chi connectivity index (χ4n) is 2.41. The van der Waals surface area contributed by atoms with Crippen LogP contribution in [0.3, 0.4) is 0 Å². The summed E-state index contributed by atoms with van der Waals surface area (Å²) < 4.78 is 22.2. The highest BCUT2D eigenvalue weighted by molar-refractivity contribution is 5.59. The summed E-state index contributed by atoms with van der Waals surface area (Å²) in [5, 5.41) is 16.8. The van der Waals surface area contributed by atoms with Gasteiger partial charge in [0.15, 0.2) is 6.17 Å². The fraction of sp³-hybridized carbons (Fsp3) is 0.750. The lowest BCUT2D eigenvalue weighted by Crippen LogP contribution is -2.53. The number of alkyl halides is 1. The van der Waals surface area contributed by atoms with Crippen molar-refractivity contribution in [1.29, 1.82) is 0 Å². The van der Waals surface area contributed by atoms with Gasteiger partial charge in [-0.2, -0.15) is 0 Å². The first-order valence-corrected chi connectivity index (χ1v) is 4.60. The summed E-state index contributed by atoms with van der Waals surface area (Å²) in [5.41, 5.74) is 3.51. The quantitative estimate of drug-likeness (QED) is 0.467. The molecule has 90 valence electrons. The number of nitrogens with two attached hydrogens (primary N) is 1. The number of rotatable bonds is 2. The first-order valence-electron chi connectivity index (χ1n) is 4.60. The standard InChI is InChI=1S/C8H10FNO6/c9-3-1-2-4(5(2)15-6(11)12)8(3,10)16-7(13)14/h2-5H,1,10H2,(H,11,12)(H,13,14)/t2-,3+,4+,5+,8-/m1/s1. The monoisotopic (exact) mass is 235 g/mol. The molecule has 0 heterocycles. The largest absolute Gasteiger partial charge is 0.507 e. The summed E-state index contributed by atoms with van der Waals surface area (Å²) in [6.45, 7) is 0. The van der Waals surface area contributed by atoms with E-state index in [0.29, 0.717) is 0 Å². The average molecular weight is 235 g/mol. The number of carboxylic acid groups (broad SMARTS) is 2. The molecule has 16 heavy (non-hydrogen) atoms. The molecule has 0 saturated heterocycles. The fourth-order valence-corrected chi connectivity index (χ4v) is 2.41. The van der Waals surface area contributed by atoms with Crippen LogP contribution >= 0.6 is 0 Å². The molecule has 2 aliphatic rings. The molecule has 0 aromatic rings. The Morgan fingerprint density at radius 1 is 1.38 bits per heavy atom. The van der Waals surface area contributed by atoms with Crippen LogP contribution in [-0.4, -0.2) is 40.5 Å². The zero-order valence-corrected chi connectivity index (χ0v) is 8.00. The van der Waals surface area contributed by atoms with Gasteiger partial charge in [0.2, 0.25) is 5.72 Å². The van der Waals surface area contributed by atoms with Crippen LogP contribution in [0.1, 0.15) is 6.42 Å². The lowest BCUT2D eigenvalue weighted by atomic mass is 10.1. The summed E-state index contributed by atoms with van der Waals surface area (Å²) in [6.07, 6.45) is -5.63. The predicted molar refractivity (Wildman–Crippen MR) is 45.4 cm³/mol. The second-order valence-corrected chi connectivity index (χ2v) is 3.96. The van der Waals surface area contributed by atoms with Crippen LogP contribution in [0.4, 0.5) is 14.0 Å². The van der Waals surface area contributed by atoms with Gasteiger partial charge < -0.3 is 19.7 Å². The number of halogens is 1. The van der Waals surface area contributed by atoms with Crippen molar-refractivity contribution in [3.8, 4) is 0 Å². The lowest BCUT2D eigenvalue weighted by molar-refractivity contribution is -0.0776. The third-order valence-corrected chi connectivity index (χ3v) is 3.09. The molecule has 4 N–H and O–H groups in total. The molecule has 2 aliphatic carbocycles. The summed E-state index contributed by atoms with van der Waals surface area (Å²) in [7, 11) is 0. The van der Waals surface area contributed by atoms with Gasteiger partial charge in [-0.3, -0.25) is 5.73 Å². The molecule has 0 unspecified atom stereocenters. The SMILES string of the molecule is N[C@]1(OC(=O)O)[C@H]2[C@@H](C[C@@H]1F)[C@@H]2OC(=O)O. The Morgan fingerprint density at radius 2 is 2.00 bits per heavy atom. The minimum atomic E-state index is -1.99. The van der Waals surface area contributed by atoms with Crippen molar-refractivity contribution >= 4 is 12.3 Å². The highest BCUT2D eigenvalue weighted by Gasteiger charge is 2.73. The van der Waals surface area contributed by atoms with Crippen LogP contribution in [-0.2, 0) is 9.47 Å². The molecule has 0 aliphatic heterocycles. The Kier molecular flexibility index (Phi) is 2.19. The Labute approximate surface area is 88.9 Å². The van der Waals surface area contributed by atoms with Crippen LogP contribution in [0.2, 0.25) is 0 Å². The average Bonchev–Trinajstić information content (AvgIpc) is 2.68. The first-order chi connectivity index (χ1) is 7.36. The highest BCUT2D eigenvalue weighted by atomic mass is 19.1. The second kappa shape index (κ2) is 3.21. The van der Waals surface area contributed by atoms with Crippen molar-refractivity contribution in [3.05, 3.63) is 0 Å². The molecule has 5 atom stereocenters. The normalized spacial score (nSPS) is 44.6. The molecule has 0 spiro atoms. The van der Waals surface area contributed by atoms with Gasteiger partial charge in [-0.05, 0) is 6.42 Å². The van der Waals surface area contributed by atoms with E-state index in [0.717, 1.165) is 0 Å². The van der Waals surface area contributed by atoms with E-state index in [9.17, 15) is 14.0 Å². The minimum absolute atomic E-state index is 0.0492. The maximum Gasteiger partial charge on any atom is 0.507 e. The summed E-state index contributed by atoms with van der Waals surface area (Å²) in [4.78, 5) is 20.7. The molecule has 0 aromatic carbocycles. The Hall–Kier alpha value is -1.57. The Bertz CT molecular complexity index is 349. The lowest BCUT2D eigenvalue weighted by Gasteiger charge is -2.28. The predicted octanol–water partition coefficient (Wildman–Crippen LogP) is 0.387. The molecular formula is C8H10FNO6.